The zero-order valence-corrected chi connectivity index (χ0v) is 11.5. The topological polar surface area (TPSA) is 61.7 Å². The molecule has 0 spiro atoms. The minimum atomic E-state index is -0.940. The molecular formula is C14H11BrN2O2. The van der Waals surface area contributed by atoms with Crippen molar-refractivity contribution in [2.45, 2.75) is 0 Å². The molecule has 96 valence electrons. The number of hydrogen-bond acceptors (Lipinski definition) is 3. The normalized spacial score (nSPS) is 10.6. The molecule has 4 nitrogen and oxygen atoms in total. The first-order valence-electron chi connectivity index (χ1n) is 5.53. The van der Waals surface area contributed by atoms with E-state index in [1.54, 1.807) is 18.3 Å². The van der Waals surface area contributed by atoms with Crippen molar-refractivity contribution in [2.24, 2.45) is 5.10 Å². The first kappa shape index (κ1) is 13.3. The molecule has 2 N–H and O–H groups in total. The lowest BCUT2D eigenvalue weighted by atomic mass is 10.2. The van der Waals surface area contributed by atoms with Crippen molar-refractivity contribution in [3.05, 3.63) is 64.1 Å². The number of carboxylic acids is 1. The summed E-state index contributed by atoms with van der Waals surface area (Å²) in [6, 6.07) is 14.1. The molecule has 2 aromatic rings. The molecule has 0 bridgehead atoms. The van der Waals surface area contributed by atoms with Crippen LogP contribution in [0, 0.1) is 0 Å². The van der Waals surface area contributed by atoms with E-state index >= 15 is 0 Å². The Morgan fingerprint density at radius 1 is 1.11 bits per heavy atom. The lowest BCUT2D eigenvalue weighted by molar-refractivity contribution is 0.0697. The Kier molecular flexibility index (Phi) is 4.30. The third-order valence-electron chi connectivity index (χ3n) is 2.41. The summed E-state index contributed by atoms with van der Waals surface area (Å²) in [6.45, 7) is 0. The molecular weight excluding hydrogens is 308 g/mol. The van der Waals surface area contributed by atoms with E-state index in [-0.39, 0.29) is 5.56 Å². The van der Waals surface area contributed by atoms with Crippen LogP contribution in [0.25, 0.3) is 0 Å². The SMILES string of the molecule is O=C(O)c1ccc(N/N=C/c2ccc(Br)cc2)cc1. The van der Waals surface area contributed by atoms with Gasteiger partial charge in [0.2, 0.25) is 0 Å². The van der Waals surface area contributed by atoms with Gasteiger partial charge in [-0.05, 0) is 42.0 Å². The number of rotatable bonds is 4. The molecule has 2 aromatic carbocycles. The van der Waals surface area contributed by atoms with Crippen LogP contribution in [0.3, 0.4) is 0 Å². The van der Waals surface area contributed by atoms with Crippen molar-refractivity contribution in [1.82, 2.24) is 0 Å². The van der Waals surface area contributed by atoms with Crippen LogP contribution in [0.15, 0.2) is 58.1 Å². The van der Waals surface area contributed by atoms with Gasteiger partial charge in [-0.25, -0.2) is 4.79 Å². The summed E-state index contributed by atoms with van der Waals surface area (Å²) in [5.41, 5.74) is 4.80. The molecule has 0 aliphatic carbocycles. The number of carbonyl (C=O) groups is 1. The minimum absolute atomic E-state index is 0.252. The summed E-state index contributed by atoms with van der Waals surface area (Å²) in [6.07, 6.45) is 1.69. The summed E-state index contributed by atoms with van der Waals surface area (Å²) in [7, 11) is 0. The molecule has 0 amide bonds. The second kappa shape index (κ2) is 6.15. The summed E-state index contributed by atoms with van der Waals surface area (Å²) >= 11 is 3.36. The first-order valence-corrected chi connectivity index (χ1v) is 6.32. The van der Waals surface area contributed by atoms with Gasteiger partial charge < -0.3 is 5.11 Å². The maximum Gasteiger partial charge on any atom is 0.335 e. The third-order valence-corrected chi connectivity index (χ3v) is 2.94. The lowest BCUT2D eigenvalue weighted by Crippen LogP contribution is -1.96. The zero-order valence-electron chi connectivity index (χ0n) is 9.88. The van der Waals surface area contributed by atoms with Crippen molar-refractivity contribution < 1.29 is 9.90 Å². The maximum atomic E-state index is 10.7. The lowest BCUT2D eigenvalue weighted by Gasteiger charge is -2.00. The van der Waals surface area contributed by atoms with E-state index in [0.29, 0.717) is 0 Å². The summed E-state index contributed by atoms with van der Waals surface area (Å²) in [4.78, 5) is 10.7. The van der Waals surface area contributed by atoms with E-state index in [9.17, 15) is 4.79 Å². The van der Waals surface area contributed by atoms with E-state index in [1.165, 1.54) is 12.1 Å². The van der Waals surface area contributed by atoms with E-state index < -0.39 is 5.97 Å². The number of carboxylic acid groups (broad SMARTS) is 1. The molecule has 0 radical (unpaired) electrons. The molecule has 0 saturated carbocycles. The van der Waals surface area contributed by atoms with Gasteiger partial charge in [-0.3, -0.25) is 5.43 Å². The van der Waals surface area contributed by atoms with Crippen LogP contribution < -0.4 is 5.43 Å². The summed E-state index contributed by atoms with van der Waals surface area (Å²) in [5, 5.41) is 12.8. The Hall–Kier alpha value is -2.14. The highest BCUT2D eigenvalue weighted by Crippen LogP contribution is 2.11. The standard InChI is InChI=1S/C14H11BrN2O2/c15-12-5-1-10(2-6-12)9-16-17-13-7-3-11(4-8-13)14(18)19/h1-9,17H,(H,18,19)/b16-9+. The predicted octanol–water partition coefficient (Wildman–Crippen LogP) is 3.59. The van der Waals surface area contributed by atoms with Crippen molar-refractivity contribution in [2.75, 3.05) is 5.43 Å². The number of nitrogens with one attached hydrogen (secondary N) is 1. The minimum Gasteiger partial charge on any atom is -0.478 e. The smallest absolute Gasteiger partial charge is 0.335 e. The Bertz CT molecular complexity index is 592. The van der Waals surface area contributed by atoms with E-state index in [0.717, 1.165) is 15.7 Å². The largest absolute Gasteiger partial charge is 0.478 e. The van der Waals surface area contributed by atoms with Crippen molar-refractivity contribution in [1.29, 1.82) is 0 Å². The van der Waals surface area contributed by atoms with Crippen LogP contribution >= 0.6 is 15.9 Å². The van der Waals surface area contributed by atoms with Crippen LogP contribution in [0.4, 0.5) is 5.69 Å². The Labute approximate surface area is 118 Å². The third kappa shape index (κ3) is 3.93. The molecule has 0 atom stereocenters. The van der Waals surface area contributed by atoms with Crippen LogP contribution in [-0.4, -0.2) is 17.3 Å². The zero-order chi connectivity index (χ0) is 13.7. The first-order chi connectivity index (χ1) is 9.15. The molecule has 0 unspecified atom stereocenters. The number of halogens is 1. The number of benzene rings is 2. The fourth-order valence-electron chi connectivity index (χ4n) is 1.42. The van der Waals surface area contributed by atoms with Gasteiger partial charge in [0.1, 0.15) is 0 Å². The molecule has 0 saturated heterocycles. The summed E-state index contributed by atoms with van der Waals surface area (Å²) < 4.78 is 1.02. The van der Waals surface area contributed by atoms with Crippen LogP contribution in [0.1, 0.15) is 15.9 Å². The maximum absolute atomic E-state index is 10.7. The highest BCUT2D eigenvalue weighted by molar-refractivity contribution is 9.10. The number of nitrogens with zero attached hydrogens (tertiary/aromatic N) is 1. The molecule has 0 fully saturated rings. The van der Waals surface area contributed by atoms with Gasteiger partial charge in [-0.1, -0.05) is 28.1 Å². The second-order valence-corrected chi connectivity index (χ2v) is 4.72. The van der Waals surface area contributed by atoms with Gasteiger partial charge >= 0.3 is 5.97 Å². The highest BCUT2D eigenvalue weighted by Gasteiger charge is 2.00. The Morgan fingerprint density at radius 2 is 1.74 bits per heavy atom. The monoisotopic (exact) mass is 318 g/mol. The molecule has 19 heavy (non-hydrogen) atoms. The fraction of sp³-hybridized carbons (Fsp3) is 0. The van der Waals surface area contributed by atoms with E-state index in [2.05, 4.69) is 26.5 Å². The quantitative estimate of drug-likeness (QED) is 0.669. The number of anilines is 1. The average molecular weight is 319 g/mol. The molecule has 0 aliphatic rings. The van der Waals surface area contributed by atoms with Gasteiger partial charge in [0.05, 0.1) is 17.5 Å². The van der Waals surface area contributed by atoms with Gasteiger partial charge in [-0.2, -0.15) is 5.10 Å². The molecule has 0 aromatic heterocycles. The Balaban J connectivity index is 1.98. The number of hydrogen-bond donors (Lipinski definition) is 2. The van der Waals surface area contributed by atoms with Gasteiger partial charge in [0, 0.05) is 4.47 Å². The van der Waals surface area contributed by atoms with Crippen LogP contribution in [0.2, 0.25) is 0 Å². The van der Waals surface area contributed by atoms with E-state index in [4.69, 9.17) is 5.11 Å². The number of aromatic carboxylic acids is 1. The molecule has 5 heteroatoms. The predicted molar refractivity (Wildman–Crippen MR) is 78.8 cm³/mol. The molecule has 0 heterocycles. The average Bonchev–Trinajstić information content (AvgIpc) is 2.41. The van der Waals surface area contributed by atoms with Crippen molar-refractivity contribution in [3.63, 3.8) is 0 Å². The van der Waals surface area contributed by atoms with Crippen molar-refractivity contribution in [3.8, 4) is 0 Å². The van der Waals surface area contributed by atoms with Crippen LogP contribution in [0.5, 0.6) is 0 Å². The molecule has 2 rings (SSSR count). The van der Waals surface area contributed by atoms with Gasteiger partial charge in [0.15, 0.2) is 0 Å². The summed E-state index contributed by atoms with van der Waals surface area (Å²) in [5.74, 6) is -0.940. The second-order valence-electron chi connectivity index (χ2n) is 3.80. The number of hydrazone groups is 1. The van der Waals surface area contributed by atoms with Gasteiger partial charge in [-0.15, -0.1) is 0 Å². The molecule has 0 aliphatic heterocycles. The van der Waals surface area contributed by atoms with Gasteiger partial charge in [0.25, 0.3) is 0 Å². The highest BCUT2D eigenvalue weighted by atomic mass is 79.9. The fourth-order valence-corrected chi connectivity index (χ4v) is 1.68. The Morgan fingerprint density at radius 3 is 2.32 bits per heavy atom. The van der Waals surface area contributed by atoms with Crippen molar-refractivity contribution >= 4 is 33.8 Å². The van der Waals surface area contributed by atoms with Crippen LogP contribution in [-0.2, 0) is 0 Å². The van der Waals surface area contributed by atoms with E-state index in [1.807, 2.05) is 24.3 Å².